The normalized spacial score (nSPS) is 11.5. The molecule has 8 heteroatoms. The number of likely N-dealkylation sites (N-methyl/N-ethyl adjacent to an activating group) is 1. The van der Waals surface area contributed by atoms with Gasteiger partial charge >= 0.3 is 0 Å². The second kappa shape index (κ2) is 7.06. The van der Waals surface area contributed by atoms with Crippen molar-refractivity contribution in [1.29, 1.82) is 0 Å². The maximum Gasteiger partial charge on any atom is 0.243 e. The number of carbonyl (C=O) groups is 1. The number of amides is 1. The highest BCUT2D eigenvalue weighted by molar-refractivity contribution is 7.89. The van der Waals surface area contributed by atoms with Crippen LogP contribution in [0.3, 0.4) is 0 Å². The Morgan fingerprint density at radius 3 is 2.33 bits per heavy atom. The lowest BCUT2D eigenvalue weighted by atomic mass is 10.2. The Bertz CT molecular complexity index is 852. The zero-order chi connectivity index (χ0) is 17.9. The van der Waals surface area contributed by atoms with Crippen LogP contribution in [0.5, 0.6) is 0 Å². The van der Waals surface area contributed by atoms with Crippen LogP contribution in [-0.2, 0) is 14.8 Å². The lowest BCUT2D eigenvalue weighted by Gasteiger charge is -2.17. The highest BCUT2D eigenvalue weighted by atomic mass is 32.2. The summed E-state index contributed by atoms with van der Waals surface area (Å²) in [6.07, 6.45) is 0. The molecular formula is C16H16F2N2O3S. The first-order valence-electron chi connectivity index (χ1n) is 6.98. The van der Waals surface area contributed by atoms with Gasteiger partial charge in [-0.25, -0.2) is 17.2 Å². The van der Waals surface area contributed by atoms with E-state index >= 15 is 0 Å². The fourth-order valence-electron chi connectivity index (χ4n) is 1.98. The smallest absolute Gasteiger partial charge is 0.243 e. The molecule has 0 bridgehead atoms. The summed E-state index contributed by atoms with van der Waals surface area (Å²) in [5.41, 5.74) is 0.666. The maximum atomic E-state index is 13.7. The second-order valence-corrected chi connectivity index (χ2v) is 7.29. The third kappa shape index (κ3) is 4.15. The van der Waals surface area contributed by atoms with Gasteiger partial charge in [0.25, 0.3) is 0 Å². The molecule has 0 heterocycles. The monoisotopic (exact) mass is 354 g/mol. The van der Waals surface area contributed by atoms with Gasteiger partial charge < -0.3 is 5.32 Å². The molecule has 0 atom stereocenters. The summed E-state index contributed by atoms with van der Waals surface area (Å²) in [6, 6.07) is 8.53. The molecule has 0 saturated heterocycles. The summed E-state index contributed by atoms with van der Waals surface area (Å²) in [6.45, 7) is 1.20. The quantitative estimate of drug-likeness (QED) is 0.897. The highest BCUT2D eigenvalue weighted by Gasteiger charge is 2.23. The summed E-state index contributed by atoms with van der Waals surface area (Å²) in [5, 5.41) is 2.32. The Labute approximate surface area is 139 Å². The van der Waals surface area contributed by atoms with Gasteiger partial charge in [-0.15, -0.1) is 0 Å². The third-order valence-electron chi connectivity index (χ3n) is 3.29. The Balaban J connectivity index is 2.09. The number of hydrogen-bond acceptors (Lipinski definition) is 3. The topological polar surface area (TPSA) is 66.5 Å². The molecule has 128 valence electrons. The van der Waals surface area contributed by atoms with Gasteiger partial charge in [0, 0.05) is 7.05 Å². The standard InChI is InChI=1S/C16H16F2N2O3S/c1-11-3-8-15(14(18)9-11)19-16(21)10-20(2)24(22,23)13-6-4-12(17)5-7-13/h3-9H,10H2,1-2H3,(H,19,21). The van der Waals surface area contributed by atoms with Crippen LogP contribution in [0, 0.1) is 18.6 Å². The van der Waals surface area contributed by atoms with Gasteiger partial charge in [0.2, 0.25) is 15.9 Å². The molecule has 1 N–H and O–H groups in total. The molecule has 0 unspecified atom stereocenters. The van der Waals surface area contributed by atoms with Crippen molar-refractivity contribution < 1.29 is 22.0 Å². The molecule has 0 fully saturated rings. The van der Waals surface area contributed by atoms with Gasteiger partial charge in [-0.2, -0.15) is 4.31 Å². The molecular weight excluding hydrogens is 338 g/mol. The molecule has 0 aliphatic carbocycles. The fourth-order valence-corrected chi connectivity index (χ4v) is 3.11. The first-order chi connectivity index (χ1) is 11.2. The first kappa shape index (κ1) is 18.0. The van der Waals surface area contributed by atoms with E-state index in [1.54, 1.807) is 13.0 Å². The highest BCUT2D eigenvalue weighted by Crippen LogP contribution is 2.17. The molecule has 1 amide bonds. The van der Waals surface area contributed by atoms with E-state index in [-0.39, 0.29) is 10.6 Å². The molecule has 5 nitrogen and oxygen atoms in total. The molecule has 0 aliphatic heterocycles. The summed E-state index contributed by atoms with van der Waals surface area (Å²) >= 11 is 0. The minimum absolute atomic E-state index is 0.0295. The lowest BCUT2D eigenvalue weighted by molar-refractivity contribution is -0.116. The number of carbonyl (C=O) groups excluding carboxylic acids is 1. The van der Waals surface area contributed by atoms with Crippen molar-refractivity contribution in [2.75, 3.05) is 18.9 Å². The van der Waals surface area contributed by atoms with Gasteiger partial charge in [0.1, 0.15) is 11.6 Å². The molecule has 2 aromatic carbocycles. The Morgan fingerprint density at radius 1 is 1.12 bits per heavy atom. The van der Waals surface area contributed by atoms with Crippen molar-refractivity contribution >= 4 is 21.6 Å². The van der Waals surface area contributed by atoms with E-state index in [1.165, 1.54) is 19.2 Å². The SMILES string of the molecule is Cc1ccc(NC(=O)CN(C)S(=O)(=O)c2ccc(F)cc2)c(F)c1. The zero-order valence-corrected chi connectivity index (χ0v) is 13.9. The molecule has 0 radical (unpaired) electrons. The summed E-state index contributed by atoms with van der Waals surface area (Å²) in [4.78, 5) is 11.8. The molecule has 2 aromatic rings. The number of hydrogen-bond donors (Lipinski definition) is 1. The molecule has 0 aromatic heterocycles. The average Bonchev–Trinajstić information content (AvgIpc) is 2.50. The van der Waals surface area contributed by atoms with Crippen molar-refractivity contribution in [3.63, 3.8) is 0 Å². The predicted octanol–water partition coefficient (Wildman–Crippen LogP) is 2.53. The summed E-state index contributed by atoms with van der Waals surface area (Å²) in [7, 11) is -2.74. The van der Waals surface area contributed by atoms with E-state index in [9.17, 15) is 22.0 Å². The van der Waals surface area contributed by atoms with Crippen LogP contribution in [0.25, 0.3) is 0 Å². The van der Waals surface area contributed by atoms with Crippen LogP contribution in [-0.4, -0.2) is 32.2 Å². The van der Waals surface area contributed by atoms with Crippen molar-refractivity contribution in [3.8, 4) is 0 Å². The Hall–Kier alpha value is -2.32. The van der Waals surface area contributed by atoms with E-state index in [2.05, 4.69) is 5.32 Å². The van der Waals surface area contributed by atoms with E-state index in [1.807, 2.05) is 0 Å². The van der Waals surface area contributed by atoms with Crippen molar-refractivity contribution in [2.24, 2.45) is 0 Å². The first-order valence-corrected chi connectivity index (χ1v) is 8.42. The number of benzene rings is 2. The lowest BCUT2D eigenvalue weighted by Crippen LogP contribution is -2.35. The van der Waals surface area contributed by atoms with Crippen molar-refractivity contribution in [2.45, 2.75) is 11.8 Å². The van der Waals surface area contributed by atoms with Gasteiger partial charge in [-0.05, 0) is 48.9 Å². The van der Waals surface area contributed by atoms with E-state index in [4.69, 9.17) is 0 Å². The number of rotatable bonds is 5. The largest absolute Gasteiger partial charge is 0.322 e. The second-order valence-electron chi connectivity index (χ2n) is 5.25. The van der Waals surface area contributed by atoms with Crippen molar-refractivity contribution in [3.05, 3.63) is 59.7 Å². The van der Waals surface area contributed by atoms with Crippen LogP contribution < -0.4 is 5.32 Å². The van der Waals surface area contributed by atoms with Gasteiger partial charge in [-0.1, -0.05) is 6.07 Å². The molecule has 0 saturated carbocycles. The number of nitrogens with one attached hydrogen (secondary N) is 1. The number of anilines is 1. The maximum absolute atomic E-state index is 13.7. The predicted molar refractivity (Wildman–Crippen MR) is 86.0 cm³/mol. The molecule has 0 aliphatic rings. The van der Waals surface area contributed by atoms with E-state index < -0.39 is 34.1 Å². The van der Waals surface area contributed by atoms with Gasteiger partial charge in [0.05, 0.1) is 17.1 Å². The summed E-state index contributed by atoms with van der Waals surface area (Å²) in [5.74, 6) is -1.86. The Kier molecular flexibility index (Phi) is 5.30. The van der Waals surface area contributed by atoms with E-state index in [0.29, 0.717) is 5.56 Å². The number of aryl methyl sites for hydroxylation is 1. The number of halogens is 2. The van der Waals surface area contributed by atoms with Gasteiger partial charge in [0.15, 0.2) is 0 Å². The third-order valence-corrected chi connectivity index (χ3v) is 5.10. The molecule has 24 heavy (non-hydrogen) atoms. The fraction of sp³-hybridized carbons (Fsp3) is 0.188. The molecule has 0 spiro atoms. The van der Waals surface area contributed by atoms with Crippen LogP contribution in [0.1, 0.15) is 5.56 Å². The van der Waals surface area contributed by atoms with E-state index in [0.717, 1.165) is 28.6 Å². The van der Waals surface area contributed by atoms with Crippen molar-refractivity contribution in [1.82, 2.24) is 4.31 Å². The zero-order valence-electron chi connectivity index (χ0n) is 13.1. The number of sulfonamides is 1. The van der Waals surface area contributed by atoms with Gasteiger partial charge in [-0.3, -0.25) is 4.79 Å². The minimum atomic E-state index is -3.95. The average molecular weight is 354 g/mol. The van der Waals surface area contributed by atoms with Crippen LogP contribution >= 0.6 is 0 Å². The Morgan fingerprint density at radius 2 is 1.75 bits per heavy atom. The van der Waals surface area contributed by atoms with Crippen LogP contribution in [0.2, 0.25) is 0 Å². The minimum Gasteiger partial charge on any atom is -0.322 e. The molecule has 2 rings (SSSR count). The van der Waals surface area contributed by atoms with Crippen LogP contribution in [0.15, 0.2) is 47.4 Å². The summed E-state index contributed by atoms with van der Waals surface area (Å²) < 4.78 is 52.0. The number of nitrogens with zero attached hydrogens (tertiary/aromatic N) is 1. The van der Waals surface area contributed by atoms with Crippen LogP contribution in [0.4, 0.5) is 14.5 Å².